The number of alkyl halides is 17. The van der Waals surface area contributed by atoms with Crippen LogP contribution < -0.4 is 9.47 Å². The largest absolute Gasteiger partial charge is 0.488 e. The van der Waals surface area contributed by atoms with Gasteiger partial charge in [-0.25, -0.2) is 9.47 Å². The fourth-order valence-corrected chi connectivity index (χ4v) is 2.04. The van der Waals surface area contributed by atoms with Crippen LogP contribution in [0.2, 0.25) is 0 Å². The average Bonchev–Trinajstić information content (AvgIpc) is 2.70. The second-order valence-corrected chi connectivity index (χ2v) is 7.68. The number of hydrogen-bond acceptors (Lipinski definition) is 4. The molecule has 0 spiro atoms. The van der Waals surface area contributed by atoms with Crippen molar-refractivity contribution in [2.24, 2.45) is 0 Å². The third kappa shape index (κ3) is 7.10. The molecular formula is C17H11ClF16O4. The Hall–Kier alpha value is -2.09. The lowest BCUT2D eigenvalue weighted by molar-refractivity contribution is -0.547. The molecular weight excluding hydrogens is 608 g/mol. The van der Waals surface area contributed by atoms with E-state index < -0.39 is 65.7 Å². The summed E-state index contributed by atoms with van der Waals surface area (Å²) in [4.78, 5) is 0. The van der Waals surface area contributed by atoms with Gasteiger partial charge >= 0.3 is 48.8 Å². The molecule has 21 heteroatoms. The van der Waals surface area contributed by atoms with Crippen molar-refractivity contribution in [2.45, 2.75) is 61.1 Å². The lowest BCUT2D eigenvalue weighted by atomic mass is 10.1. The molecule has 0 N–H and O–H groups in total. The second-order valence-electron chi connectivity index (χ2n) is 6.94. The van der Waals surface area contributed by atoms with E-state index in [0.717, 1.165) is 18.2 Å². The number of ether oxygens (including phenoxy) is 4. The van der Waals surface area contributed by atoms with Crippen LogP contribution >= 0.6 is 11.6 Å². The topological polar surface area (TPSA) is 36.9 Å². The Morgan fingerprint density at radius 1 is 0.684 bits per heavy atom. The lowest BCUT2D eigenvalue weighted by Gasteiger charge is -2.36. The number of rotatable bonds is 13. The van der Waals surface area contributed by atoms with E-state index in [0.29, 0.717) is 6.07 Å². The molecule has 222 valence electrons. The van der Waals surface area contributed by atoms with Crippen LogP contribution in [0.15, 0.2) is 24.3 Å². The van der Waals surface area contributed by atoms with Gasteiger partial charge in [0.15, 0.2) is 11.5 Å². The highest BCUT2D eigenvalue weighted by molar-refractivity contribution is 6.20. The Kier molecular flexibility index (Phi) is 9.66. The molecule has 1 aromatic rings. The highest BCUT2D eigenvalue weighted by Gasteiger charge is 2.85. The Balaban J connectivity index is 3.16. The Bertz CT molecular complexity index is 937. The van der Waals surface area contributed by atoms with Gasteiger partial charge in [-0.3, -0.25) is 0 Å². The summed E-state index contributed by atoms with van der Waals surface area (Å²) in [6.45, 7) is 0.985. The second kappa shape index (κ2) is 10.8. The number of benzene rings is 1. The first-order chi connectivity index (χ1) is 16.7. The van der Waals surface area contributed by atoms with Crippen molar-refractivity contribution in [3.63, 3.8) is 0 Å². The van der Waals surface area contributed by atoms with Crippen molar-refractivity contribution in [2.75, 3.05) is 6.61 Å². The van der Waals surface area contributed by atoms with Gasteiger partial charge in [0.05, 0.1) is 5.38 Å². The van der Waals surface area contributed by atoms with E-state index >= 15 is 0 Å². The Morgan fingerprint density at radius 2 is 1.13 bits per heavy atom. The third-order valence-electron chi connectivity index (χ3n) is 3.79. The van der Waals surface area contributed by atoms with Gasteiger partial charge in [-0.1, -0.05) is 12.1 Å². The standard InChI is InChI=1S/C17H11ClF16O4/c1-7(18)6-35-8-4-2-3-5-9(8)36-10(19)11(20,21)37-16(31,32)17(33,34)38-15(29,30)13(24,25)12(22,23)14(26,27)28/h2-5,7,10H,6H2,1H3/t7-,10?/m0/s1. The van der Waals surface area contributed by atoms with Gasteiger partial charge in [0.25, 0.3) is 0 Å². The first-order valence-corrected chi connectivity index (χ1v) is 9.56. The van der Waals surface area contributed by atoms with E-state index in [1.165, 1.54) is 11.7 Å². The summed E-state index contributed by atoms with van der Waals surface area (Å²) in [5.74, 6) is -17.5. The molecule has 1 aromatic carbocycles. The molecule has 4 nitrogen and oxygen atoms in total. The molecule has 1 rings (SSSR count). The summed E-state index contributed by atoms with van der Waals surface area (Å²) in [5.41, 5.74) is 0. The molecule has 0 saturated heterocycles. The minimum Gasteiger partial charge on any atom is -0.488 e. The van der Waals surface area contributed by atoms with Crippen LogP contribution in [0.3, 0.4) is 0 Å². The third-order valence-corrected chi connectivity index (χ3v) is 3.91. The number of halogens is 17. The Morgan fingerprint density at radius 3 is 1.58 bits per heavy atom. The van der Waals surface area contributed by atoms with Crippen molar-refractivity contribution in [1.29, 1.82) is 0 Å². The fourth-order valence-electron chi connectivity index (χ4n) is 1.97. The summed E-state index contributed by atoms with van der Waals surface area (Å²) >= 11 is 5.55. The molecule has 0 aliphatic carbocycles. The molecule has 0 saturated carbocycles. The molecule has 0 heterocycles. The van der Waals surface area contributed by atoms with Crippen molar-refractivity contribution in [3.8, 4) is 11.5 Å². The summed E-state index contributed by atoms with van der Waals surface area (Å²) in [6.07, 6.45) is -41.0. The molecule has 0 aliphatic heterocycles. The van der Waals surface area contributed by atoms with Crippen LogP contribution in [0.25, 0.3) is 0 Å². The lowest BCUT2D eigenvalue weighted by Crippen LogP contribution is -2.64. The van der Waals surface area contributed by atoms with Gasteiger partial charge < -0.3 is 9.47 Å². The summed E-state index contributed by atoms with van der Waals surface area (Å²) < 4.78 is 221. The van der Waals surface area contributed by atoms with Gasteiger partial charge in [0, 0.05) is 0 Å². The van der Waals surface area contributed by atoms with Crippen LogP contribution in [0.5, 0.6) is 11.5 Å². The van der Waals surface area contributed by atoms with E-state index in [4.69, 9.17) is 16.3 Å². The zero-order chi connectivity index (χ0) is 30.2. The van der Waals surface area contributed by atoms with Crippen LogP contribution in [0, 0.1) is 0 Å². The predicted octanol–water partition coefficient (Wildman–Crippen LogP) is 7.60. The quantitative estimate of drug-likeness (QED) is 0.169. The zero-order valence-electron chi connectivity index (χ0n) is 17.7. The molecule has 0 amide bonds. The van der Waals surface area contributed by atoms with E-state index in [1.54, 1.807) is 0 Å². The number of hydrogen-bond donors (Lipinski definition) is 0. The van der Waals surface area contributed by atoms with Gasteiger partial charge in [0.1, 0.15) is 6.61 Å². The van der Waals surface area contributed by atoms with E-state index in [-0.39, 0.29) is 6.61 Å². The molecule has 0 fully saturated rings. The predicted molar refractivity (Wildman–Crippen MR) is 90.7 cm³/mol. The van der Waals surface area contributed by atoms with E-state index in [1.807, 2.05) is 0 Å². The maximum Gasteiger partial charge on any atom is 0.460 e. The van der Waals surface area contributed by atoms with Gasteiger partial charge in [-0.2, -0.15) is 70.2 Å². The highest BCUT2D eigenvalue weighted by Crippen LogP contribution is 2.56. The molecule has 0 aromatic heterocycles. The van der Waals surface area contributed by atoms with Gasteiger partial charge in [-0.15, -0.1) is 11.6 Å². The molecule has 1 unspecified atom stereocenters. The molecule has 0 radical (unpaired) electrons. The normalized spacial score (nSPS) is 16.3. The van der Waals surface area contributed by atoms with Gasteiger partial charge in [0.2, 0.25) is 0 Å². The summed E-state index contributed by atoms with van der Waals surface area (Å²) in [6, 6.07) is 3.70. The van der Waals surface area contributed by atoms with E-state index in [2.05, 4.69) is 9.47 Å². The summed E-state index contributed by atoms with van der Waals surface area (Å²) in [5, 5.41) is -0.739. The van der Waals surface area contributed by atoms with Crippen molar-refractivity contribution in [1.82, 2.24) is 0 Å². The van der Waals surface area contributed by atoms with Crippen LogP contribution in [0.4, 0.5) is 70.2 Å². The van der Waals surface area contributed by atoms with Crippen molar-refractivity contribution >= 4 is 11.6 Å². The minimum absolute atomic E-state index is 0.375. The van der Waals surface area contributed by atoms with Crippen LogP contribution in [-0.2, 0) is 9.47 Å². The maximum absolute atomic E-state index is 13.9. The number of para-hydroxylation sites is 2. The van der Waals surface area contributed by atoms with Crippen molar-refractivity contribution < 1.29 is 89.2 Å². The monoisotopic (exact) mass is 618 g/mol. The van der Waals surface area contributed by atoms with E-state index in [9.17, 15) is 70.2 Å². The molecule has 0 aliphatic rings. The summed E-state index contributed by atoms with van der Waals surface area (Å²) in [7, 11) is 0. The zero-order valence-corrected chi connectivity index (χ0v) is 18.5. The van der Waals surface area contributed by atoms with Gasteiger partial charge in [-0.05, 0) is 19.1 Å². The van der Waals surface area contributed by atoms with Crippen LogP contribution in [-0.4, -0.2) is 60.8 Å². The first kappa shape index (κ1) is 33.9. The smallest absolute Gasteiger partial charge is 0.460 e. The SMILES string of the molecule is C[C@H](Cl)COc1ccccc1OC(F)C(F)(F)OC(F)(F)C(F)(F)OC(F)(F)C(F)(F)C(F)(F)C(F)(F)F. The first-order valence-electron chi connectivity index (χ1n) is 9.12. The van der Waals surface area contributed by atoms with Crippen molar-refractivity contribution in [3.05, 3.63) is 24.3 Å². The Labute approximate surface area is 205 Å². The molecule has 0 bridgehead atoms. The highest BCUT2D eigenvalue weighted by atomic mass is 35.5. The average molecular weight is 619 g/mol. The molecule has 2 atom stereocenters. The fraction of sp³-hybridized carbons (Fsp3) is 0.647. The maximum atomic E-state index is 13.9. The minimum atomic E-state index is -8.00. The molecule has 38 heavy (non-hydrogen) atoms. The van der Waals surface area contributed by atoms with Crippen LogP contribution in [0.1, 0.15) is 6.92 Å².